The molecule has 0 N–H and O–H groups in total. The van der Waals surface area contributed by atoms with Gasteiger partial charge in [-0.15, -0.1) is 0 Å². The van der Waals surface area contributed by atoms with Gasteiger partial charge in [0, 0.05) is 32.1 Å². The number of amides is 2. The van der Waals surface area contributed by atoms with E-state index in [0.717, 1.165) is 25.9 Å². The Morgan fingerprint density at radius 1 is 1.06 bits per heavy atom. The van der Waals surface area contributed by atoms with Gasteiger partial charge in [0.25, 0.3) is 5.91 Å². The summed E-state index contributed by atoms with van der Waals surface area (Å²) in [5.41, 5.74) is 0.410. The average molecular weight is 448 g/mol. The number of carbonyl (C=O) groups excluding carboxylic acids is 2. The zero-order valence-corrected chi connectivity index (χ0v) is 18.5. The lowest BCUT2D eigenvalue weighted by Gasteiger charge is -2.34. The number of rotatable bonds is 3. The Kier molecular flexibility index (Phi) is 6.60. The third-order valence-corrected chi connectivity index (χ3v) is 6.64. The first-order chi connectivity index (χ1) is 15.0. The maximum Gasteiger partial charge on any atom is 0.259 e. The van der Waals surface area contributed by atoms with E-state index in [1.807, 2.05) is 4.90 Å². The molecule has 0 unspecified atom stereocenters. The first-order valence-electron chi connectivity index (χ1n) is 11.0. The molecule has 0 saturated carbocycles. The van der Waals surface area contributed by atoms with Crippen LogP contribution in [0.25, 0.3) is 11.3 Å². The van der Waals surface area contributed by atoms with Gasteiger partial charge in [-0.05, 0) is 44.7 Å². The number of piperidine rings is 1. The Hall–Kier alpha value is -2.41. The minimum atomic E-state index is -0.559. The molecule has 0 spiro atoms. The Morgan fingerprint density at radius 2 is 1.74 bits per heavy atom. The van der Waals surface area contributed by atoms with Crippen molar-refractivity contribution in [2.24, 2.45) is 5.92 Å². The molecule has 0 atom stereocenters. The summed E-state index contributed by atoms with van der Waals surface area (Å²) in [5, 5.41) is 4.10. The quantitative estimate of drug-likeness (QED) is 0.684. The van der Waals surface area contributed by atoms with Crippen LogP contribution in [0.4, 0.5) is 4.39 Å². The van der Waals surface area contributed by atoms with Gasteiger partial charge in [0.2, 0.25) is 5.91 Å². The lowest BCUT2D eigenvalue weighted by atomic mass is 9.94. The largest absolute Gasteiger partial charge is 0.360 e. The van der Waals surface area contributed by atoms with Crippen LogP contribution in [-0.4, -0.2) is 52.9 Å². The average Bonchev–Trinajstić information content (AvgIpc) is 2.97. The van der Waals surface area contributed by atoms with Gasteiger partial charge >= 0.3 is 0 Å². The van der Waals surface area contributed by atoms with Crippen LogP contribution in [0.3, 0.4) is 0 Å². The lowest BCUT2D eigenvalue weighted by molar-refractivity contribution is -0.136. The lowest BCUT2D eigenvalue weighted by Crippen LogP contribution is -2.44. The van der Waals surface area contributed by atoms with E-state index < -0.39 is 5.82 Å². The fraction of sp³-hybridized carbons (Fsp3) is 0.522. The topological polar surface area (TPSA) is 66.7 Å². The normalized spacial score (nSPS) is 18.2. The number of aromatic nitrogens is 1. The molecule has 3 heterocycles. The van der Waals surface area contributed by atoms with Crippen LogP contribution in [0, 0.1) is 18.7 Å². The van der Waals surface area contributed by atoms with E-state index in [4.69, 9.17) is 16.1 Å². The van der Waals surface area contributed by atoms with Crippen LogP contribution in [0.1, 0.15) is 54.6 Å². The number of hydrogen-bond acceptors (Lipinski definition) is 4. The van der Waals surface area contributed by atoms with Crippen molar-refractivity contribution in [2.45, 2.75) is 45.4 Å². The number of likely N-dealkylation sites (tertiary alicyclic amines) is 2. The van der Waals surface area contributed by atoms with Gasteiger partial charge in [0.15, 0.2) is 0 Å². The maximum atomic E-state index is 14.4. The fourth-order valence-electron chi connectivity index (χ4n) is 4.56. The summed E-state index contributed by atoms with van der Waals surface area (Å²) in [6.07, 6.45) is 5.75. The minimum absolute atomic E-state index is 0.0498. The zero-order valence-electron chi connectivity index (χ0n) is 17.7. The second kappa shape index (κ2) is 9.39. The molecule has 6 nitrogen and oxygen atoms in total. The van der Waals surface area contributed by atoms with E-state index in [2.05, 4.69) is 5.16 Å². The summed E-state index contributed by atoms with van der Waals surface area (Å²) >= 11 is 6.19. The summed E-state index contributed by atoms with van der Waals surface area (Å²) in [4.78, 5) is 29.9. The van der Waals surface area contributed by atoms with Crippen molar-refractivity contribution in [3.8, 4) is 11.3 Å². The molecule has 4 rings (SSSR count). The van der Waals surface area contributed by atoms with Crippen LogP contribution < -0.4 is 0 Å². The highest BCUT2D eigenvalue weighted by Crippen LogP contribution is 2.34. The first kappa shape index (κ1) is 21.8. The zero-order chi connectivity index (χ0) is 22.0. The number of carbonyl (C=O) groups is 2. The molecular formula is C23H27ClFN3O3. The molecule has 1 aromatic heterocycles. The van der Waals surface area contributed by atoms with E-state index in [1.54, 1.807) is 17.9 Å². The Bertz CT molecular complexity index is 941. The number of halogens is 2. The fourth-order valence-corrected chi connectivity index (χ4v) is 4.81. The minimum Gasteiger partial charge on any atom is -0.360 e. The maximum absolute atomic E-state index is 14.4. The Balaban J connectivity index is 1.47. The third kappa shape index (κ3) is 4.47. The SMILES string of the molecule is Cc1onc(-c2c(F)cccc2Cl)c1C(=O)N1CCC(C(=O)N2CCCCCC2)CC1. The van der Waals surface area contributed by atoms with Gasteiger partial charge in [0.05, 0.1) is 10.6 Å². The standard InChI is InChI=1S/C23H27ClFN3O3/c1-15-19(21(26-31-15)20-17(24)7-6-8-18(20)25)23(30)28-13-9-16(10-14-28)22(29)27-11-4-2-3-5-12-27/h6-8,16H,2-5,9-14H2,1H3. The molecule has 0 bridgehead atoms. The van der Waals surface area contributed by atoms with E-state index in [1.165, 1.54) is 25.0 Å². The molecule has 1 aromatic carbocycles. The van der Waals surface area contributed by atoms with Gasteiger partial charge < -0.3 is 14.3 Å². The number of hydrogen-bond donors (Lipinski definition) is 0. The molecule has 2 aliphatic rings. The van der Waals surface area contributed by atoms with Gasteiger partial charge in [-0.2, -0.15) is 0 Å². The number of aryl methyl sites for hydroxylation is 1. The van der Waals surface area contributed by atoms with E-state index in [0.29, 0.717) is 31.7 Å². The molecule has 8 heteroatoms. The van der Waals surface area contributed by atoms with Gasteiger partial charge in [-0.25, -0.2) is 4.39 Å². The molecule has 0 aliphatic carbocycles. The van der Waals surface area contributed by atoms with E-state index >= 15 is 0 Å². The summed E-state index contributed by atoms with van der Waals surface area (Å²) < 4.78 is 19.7. The second-order valence-electron chi connectivity index (χ2n) is 8.36. The van der Waals surface area contributed by atoms with Crippen molar-refractivity contribution < 1.29 is 18.5 Å². The molecule has 2 saturated heterocycles. The highest BCUT2D eigenvalue weighted by atomic mass is 35.5. The van der Waals surface area contributed by atoms with Crippen molar-refractivity contribution >= 4 is 23.4 Å². The second-order valence-corrected chi connectivity index (χ2v) is 8.77. The predicted molar refractivity (Wildman–Crippen MR) is 115 cm³/mol. The van der Waals surface area contributed by atoms with Crippen LogP contribution >= 0.6 is 11.6 Å². The monoisotopic (exact) mass is 447 g/mol. The molecule has 2 aliphatic heterocycles. The van der Waals surface area contributed by atoms with Crippen LogP contribution in [0.15, 0.2) is 22.7 Å². The van der Waals surface area contributed by atoms with Gasteiger partial charge in [-0.1, -0.05) is 35.7 Å². The third-order valence-electron chi connectivity index (χ3n) is 6.33. The number of benzene rings is 1. The van der Waals surface area contributed by atoms with Crippen LogP contribution in [-0.2, 0) is 4.79 Å². The van der Waals surface area contributed by atoms with E-state index in [-0.39, 0.29) is 39.6 Å². The Morgan fingerprint density at radius 3 is 2.39 bits per heavy atom. The molecule has 0 radical (unpaired) electrons. The van der Waals surface area contributed by atoms with Crippen molar-refractivity contribution in [3.05, 3.63) is 40.4 Å². The predicted octanol–water partition coefficient (Wildman–Crippen LogP) is 4.70. The van der Waals surface area contributed by atoms with Gasteiger partial charge in [0.1, 0.15) is 22.8 Å². The van der Waals surface area contributed by atoms with Crippen molar-refractivity contribution in [1.82, 2.24) is 15.0 Å². The molecule has 2 aromatic rings. The molecule has 31 heavy (non-hydrogen) atoms. The smallest absolute Gasteiger partial charge is 0.259 e. The van der Waals surface area contributed by atoms with Gasteiger partial charge in [-0.3, -0.25) is 9.59 Å². The molecule has 2 fully saturated rings. The van der Waals surface area contributed by atoms with Crippen molar-refractivity contribution in [2.75, 3.05) is 26.2 Å². The van der Waals surface area contributed by atoms with Crippen molar-refractivity contribution in [1.29, 1.82) is 0 Å². The first-order valence-corrected chi connectivity index (χ1v) is 11.3. The molecule has 166 valence electrons. The summed E-state index contributed by atoms with van der Waals surface area (Å²) in [6.45, 7) is 4.25. The molecule has 2 amide bonds. The van der Waals surface area contributed by atoms with Crippen molar-refractivity contribution in [3.63, 3.8) is 0 Å². The summed E-state index contributed by atoms with van der Waals surface area (Å²) in [6, 6.07) is 4.33. The molecular weight excluding hydrogens is 421 g/mol. The van der Waals surface area contributed by atoms with Crippen LogP contribution in [0.2, 0.25) is 5.02 Å². The van der Waals surface area contributed by atoms with E-state index in [9.17, 15) is 14.0 Å². The Labute approximate surface area is 186 Å². The van der Waals surface area contributed by atoms with Crippen LogP contribution in [0.5, 0.6) is 0 Å². The highest BCUT2D eigenvalue weighted by molar-refractivity contribution is 6.33. The summed E-state index contributed by atoms with van der Waals surface area (Å²) in [7, 11) is 0. The highest BCUT2D eigenvalue weighted by Gasteiger charge is 2.34. The number of nitrogens with zero attached hydrogens (tertiary/aromatic N) is 3. The summed E-state index contributed by atoms with van der Waals surface area (Å²) in [5.74, 6) is -0.340.